The van der Waals surface area contributed by atoms with Crippen LogP contribution in [-0.2, 0) is 11.2 Å². The van der Waals surface area contributed by atoms with Gasteiger partial charge in [-0.3, -0.25) is 0 Å². The molecule has 0 spiro atoms. The lowest BCUT2D eigenvalue weighted by Crippen LogP contribution is -2.09. The van der Waals surface area contributed by atoms with Crippen molar-refractivity contribution in [3.8, 4) is 0 Å². The summed E-state index contributed by atoms with van der Waals surface area (Å²) >= 11 is 11.2. The van der Waals surface area contributed by atoms with Gasteiger partial charge in [-0.05, 0) is 55.4 Å². The SMILES string of the molecule is CCOC(=S)c1nc2ccc(Cl)cc2cc1CC. The van der Waals surface area contributed by atoms with Crippen LogP contribution in [-0.4, -0.2) is 16.6 Å². The Morgan fingerprint density at radius 1 is 1.33 bits per heavy atom. The maximum Gasteiger partial charge on any atom is 0.210 e. The molecule has 0 fully saturated rings. The number of thiocarbonyl (C=S) groups is 1. The van der Waals surface area contributed by atoms with E-state index >= 15 is 0 Å². The number of benzene rings is 1. The van der Waals surface area contributed by atoms with E-state index in [1.54, 1.807) is 0 Å². The number of halogens is 1. The van der Waals surface area contributed by atoms with Crippen molar-refractivity contribution >= 4 is 39.8 Å². The van der Waals surface area contributed by atoms with Gasteiger partial charge >= 0.3 is 0 Å². The molecule has 0 aliphatic rings. The molecule has 1 heterocycles. The van der Waals surface area contributed by atoms with Crippen LogP contribution >= 0.6 is 23.8 Å². The molecule has 18 heavy (non-hydrogen) atoms. The summed E-state index contributed by atoms with van der Waals surface area (Å²) in [6, 6.07) is 7.72. The summed E-state index contributed by atoms with van der Waals surface area (Å²) in [5, 5.41) is 2.21. The Morgan fingerprint density at radius 3 is 2.78 bits per heavy atom. The van der Waals surface area contributed by atoms with Gasteiger partial charge in [0.25, 0.3) is 0 Å². The van der Waals surface area contributed by atoms with Crippen LogP contribution in [0.15, 0.2) is 24.3 Å². The fourth-order valence-corrected chi connectivity index (χ4v) is 2.31. The van der Waals surface area contributed by atoms with Crippen molar-refractivity contribution in [2.45, 2.75) is 20.3 Å². The summed E-state index contributed by atoms with van der Waals surface area (Å²) in [4.78, 5) is 4.58. The molecule has 94 valence electrons. The number of aryl methyl sites for hydroxylation is 1. The van der Waals surface area contributed by atoms with E-state index in [9.17, 15) is 0 Å². The van der Waals surface area contributed by atoms with Gasteiger partial charge in [0.05, 0.1) is 12.1 Å². The Labute approximate surface area is 117 Å². The van der Waals surface area contributed by atoms with E-state index in [0.717, 1.165) is 28.6 Å². The summed E-state index contributed by atoms with van der Waals surface area (Å²) < 4.78 is 5.39. The zero-order chi connectivity index (χ0) is 13.1. The van der Waals surface area contributed by atoms with Gasteiger partial charge in [0.1, 0.15) is 5.69 Å². The van der Waals surface area contributed by atoms with Crippen molar-refractivity contribution in [2.75, 3.05) is 6.61 Å². The monoisotopic (exact) mass is 279 g/mol. The molecule has 0 amide bonds. The van der Waals surface area contributed by atoms with E-state index in [1.807, 2.05) is 25.1 Å². The average molecular weight is 280 g/mol. The fourth-order valence-electron chi connectivity index (χ4n) is 1.84. The number of hydrogen-bond acceptors (Lipinski definition) is 3. The van der Waals surface area contributed by atoms with Crippen LogP contribution < -0.4 is 0 Å². The van der Waals surface area contributed by atoms with Crippen molar-refractivity contribution < 1.29 is 4.74 Å². The van der Waals surface area contributed by atoms with Crippen LogP contribution in [0.3, 0.4) is 0 Å². The largest absolute Gasteiger partial charge is 0.482 e. The number of rotatable bonds is 3. The molecule has 2 aromatic rings. The van der Waals surface area contributed by atoms with Gasteiger partial charge < -0.3 is 4.74 Å². The van der Waals surface area contributed by atoms with Gasteiger partial charge in [0.2, 0.25) is 5.05 Å². The van der Waals surface area contributed by atoms with Gasteiger partial charge in [-0.1, -0.05) is 18.5 Å². The van der Waals surface area contributed by atoms with Gasteiger partial charge in [-0.15, -0.1) is 0 Å². The third kappa shape index (κ3) is 2.62. The standard InChI is InChI=1S/C14H14ClNOS/c1-3-9-7-10-8-11(15)5-6-12(10)16-13(9)14(18)17-4-2/h5-8H,3-4H2,1-2H3. The highest BCUT2D eigenvalue weighted by Crippen LogP contribution is 2.22. The van der Waals surface area contributed by atoms with Gasteiger partial charge in [0, 0.05) is 10.4 Å². The molecule has 1 aromatic heterocycles. The summed E-state index contributed by atoms with van der Waals surface area (Å²) in [6.45, 7) is 4.55. The fraction of sp³-hybridized carbons (Fsp3) is 0.286. The normalized spacial score (nSPS) is 10.6. The third-order valence-electron chi connectivity index (χ3n) is 2.71. The zero-order valence-electron chi connectivity index (χ0n) is 10.4. The van der Waals surface area contributed by atoms with Crippen molar-refractivity contribution in [2.24, 2.45) is 0 Å². The molecule has 0 N–H and O–H groups in total. The Morgan fingerprint density at radius 2 is 2.11 bits per heavy atom. The first-order valence-corrected chi connectivity index (χ1v) is 6.70. The second kappa shape index (κ2) is 5.63. The molecular weight excluding hydrogens is 266 g/mol. The smallest absolute Gasteiger partial charge is 0.210 e. The summed E-state index contributed by atoms with van der Waals surface area (Å²) in [5.41, 5.74) is 2.74. The van der Waals surface area contributed by atoms with Crippen molar-refractivity contribution in [3.05, 3.63) is 40.5 Å². The molecule has 0 radical (unpaired) electrons. The average Bonchev–Trinajstić information content (AvgIpc) is 2.37. The molecule has 0 unspecified atom stereocenters. The van der Waals surface area contributed by atoms with Crippen LogP contribution in [0.5, 0.6) is 0 Å². The number of fused-ring (bicyclic) bond motifs is 1. The number of ether oxygens (including phenoxy) is 1. The molecular formula is C14H14ClNOS. The van der Waals surface area contributed by atoms with E-state index in [2.05, 4.69) is 18.0 Å². The van der Waals surface area contributed by atoms with E-state index in [0.29, 0.717) is 16.7 Å². The van der Waals surface area contributed by atoms with Gasteiger partial charge in [0.15, 0.2) is 0 Å². The Kier molecular flexibility index (Phi) is 4.15. The Bertz CT molecular complexity index is 598. The van der Waals surface area contributed by atoms with Crippen LogP contribution in [0.4, 0.5) is 0 Å². The summed E-state index contributed by atoms with van der Waals surface area (Å²) in [6.07, 6.45) is 0.859. The van der Waals surface area contributed by atoms with Gasteiger partial charge in [-0.25, -0.2) is 4.98 Å². The van der Waals surface area contributed by atoms with E-state index in [-0.39, 0.29) is 0 Å². The van der Waals surface area contributed by atoms with Crippen molar-refractivity contribution in [1.29, 1.82) is 0 Å². The zero-order valence-corrected chi connectivity index (χ0v) is 11.9. The molecule has 4 heteroatoms. The van der Waals surface area contributed by atoms with E-state index < -0.39 is 0 Å². The molecule has 0 saturated carbocycles. The van der Waals surface area contributed by atoms with Crippen molar-refractivity contribution in [1.82, 2.24) is 4.98 Å². The highest BCUT2D eigenvalue weighted by molar-refractivity contribution is 7.80. The minimum Gasteiger partial charge on any atom is -0.482 e. The lowest BCUT2D eigenvalue weighted by Gasteiger charge is -2.10. The Hall–Kier alpha value is -1.19. The minimum atomic E-state index is 0.464. The molecule has 0 aliphatic heterocycles. The highest BCUT2D eigenvalue weighted by Gasteiger charge is 2.11. The van der Waals surface area contributed by atoms with Crippen LogP contribution in [0.1, 0.15) is 25.1 Å². The maximum atomic E-state index is 5.99. The molecule has 2 rings (SSSR count). The number of nitrogens with zero attached hydrogens (tertiary/aromatic N) is 1. The van der Waals surface area contributed by atoms with Gasteiger partial charge in [-0.2, -0.15) is 0 Å². The quantitative estimate of drug-likeness (QED) is 0.788. The third-order valence-corrected chi connectivity index (χ3v) is 3.25. The van der Waals surface area contributed by atoms with Crippen LogP contribution in [0.2, 0.25) is 5.02 Å². The second-order valence-electron chi connectivity index (χ2n) is 3.91. The Balaban J connectivity index is 2.59. The molecule has 0 bridgehead atoms. The molecule has 0 atom stereocenters. The predicted molar refractivity (Wildman–Crippen MR) is 79.5 cm³/mol. The van der Waals surface area contributed by atoms with E-state index in [4.69, 9.17) is 28.6 Å². The van der Waals surface area contributed by atoms with Crippen LogP contribution in [0, 0.1) is 0 Å². The number of pyridine rings is 1. The maximum absolute atomic E-state index is 5.99. The minimum absolute atomic E-state index is 0.464. The lowest BCUT2D eigenvalue weighted by molar-refractivity contribution is 0.336. The molecule has 1 aromatic carbocycles. The molecule has 0 aliphatic carbocycles. The topological polar surface area (TPSA) is 22.1 Å². The molecule has 0 saturated heterocycles. The first kappa shape index (κ1) is 13.2. The predicted octanol–water partition coefficient (Wildman–Crippen LogP) is 4.16. The second-order valence-corrected chi connectivity index (χ2v) is 4.71. The first-order chi connectivity index (χ1) is 8.65. The summed E-state index contributed by atoms with van der Waals surface area (Å²) in [5.74, 6) is 0. The summed E-state index contributed by atoms with van der Waals surface area (Å²) in [7, 11) is 0. The van der Waals surface area contributed by atoms with E-state index in [1.165, 1.54) is 0 Å². The first-order valence-electron chi connectivity index (χ1n) is 5.92. The number of hydrogen-bond donors (Lipinski definition) is 0. The lowest BCUT2D eigenvalue weighted by atomic mass is 10.1. The van der Waals surface area contributed by atoms with Crippen LogP contribution in [0.25, 0.3) is 10.9 Å². The molecule has 2 nitrogen and oxygen atoms in total. The number of aromatic nitrogens is 1. The highest BCUT2D eigenvalue weighted by atomic mass is 35.5. The van der Waals surface area contributed by atoms with Crippen molar-refractivity contribution in [3.63, 3.8) is 0 Å².